The average Bonchev–Trinajstić information content (AvgIpc) is 2.53. The molecule has 1 atom stereocenters. The number of fused-ring (bicyclic) bond motifs is 1. The van der Waals surface area contributed by atoms with Crippen molar-refractivity contribution in [3.8, 4) is 5.75 Å². The lowest BCUT2D eigenvalue weighted by Gasteiger charge is -2.32. The number of aromatic nitrogens is 1. The van der Waals surface area contributed by atoms with Gasteiger partial charge in [0.05, 0.1) is 13.0 Å². The van der Waals surface area contributed by atoms with Gasteiger partial charge < -0.3 is 14.7 Å². The molecule has 1 N–H and O–H groups in total. The number of carboxylic acid groups (broad SMARTS) is 1. The third-order valence-corrected chi connectivity index (χ3v) is 4.09. The number of piperidine rings is 1. The fourth-order valence-electron chi connectivity index (χ4n) is 2.94. The van der Waals surface area contributed by atoms with Crippen molar-refractivity contribution in [3.63, 3.8) is 0 Å². The van der Waals surface area contributed by atoms with E-state index in [1.807, 2.05) is 4.90 Å². The number of hydrogen-bond acceptors (Lipinski definition) is 4. The first kappa shape index (κ1) is 14.6. The zero-order valence-electron chi connectivity index (χ0n) is 12.3. The molecule has 1 unspecified atom stereocenters. The Morgan fingerprint density at radius 3 is 3.05 bits per heavy atom. The third kappa shape index (κ3) is 2.56. The smallest absolute Gasteiger partial charge is 0.308 e. The van der Waals surface area contributed by atoms with Gasteiger partial charge in [0.1, 0.15) is 5.82 Å². The van der Waals surface area contributed by atoms with Gasteiger partial charge in [-0.3, -0.25) is 4.79 Å². The van der Waals surface area contributed by atoms with Gasteiger partial charge in [-0.05, 0) is 36.4 Å². The molecular formula is C16H17FN2O3. The zero-order valence-corrected chi connectivity index (χ0v) is 12.3. The normalized spacial score (nSPS) is 18.5. The number of ether oxygens (including phenoxy) is 1. The number of anilines is 1. The summed E-state index contributed by atoms with van der Waals surface area (Å²) < 4.78 is 19.0. The molecule has 1 aliphatic heterocycles. The van der Waals surface area contributed by atoms with E-state index in [1.165, 1.54) is 13.2 Å². The molecule has 6 heteroatoms. The minimum atomic E-state index is -0.794. The summed E-state index contributed by atoms with van der Waals surface area (Å²) in [5.41, 5.74) is 0. The van der Waals surface area contributed by atoms with Crippen LogP contribution >= 0.6 is 0 Å². The van der Waals surface area contributed by atoms with E-state index in [4.69, 9.17) is 4.74 Å². The molecule has 3 rings (SSSR count). The Kier molecular flexibility index (Phi) is 3.83. The predicted molar refractivity (Wildman–Crippen MR) is 80.8 cm³/mol. The second-order valence-corrected chi connectivity index (χ2v) is 5.47. The van der Waals surface area contributed by atoms with E-state index in [1.54, 1.807) is 18.3 Å². The van der Waals surface area contributed by atoms with Gasteiger partial charge in [0, 0.05) is 24.7 Å². The summed E-state index contributed by atoms with van der Waals surface area (Å²) in [6, 6.07) is 4.83. The molecule has 0 spiro atoms. The Morgan fingerprint density at radius 1 is 1.50 bits per heavy atom. The van der Waals surface area contributed by atoms with Crippen molar-refractivity contribution in [2.24, 2.45) is 5.92 Å². The van der Waals surface area contributed by atoms with E-state index >= 15 is 0 Å². The second kappa shape index (κ2) is 5.79. The fourth-order valence-corrected chi connectivity index (χ4v) is 2.94. The van der Waals surface area contributed by atoms with Gasteiger partial charge in [-0.1, -0.05) is 0 Å². The number of halogens is 1. The maximum atomic E-state index is 14.0. The van der Waals surface area contributed by atoms with Crippen LogP contribution in [-0.4, -0.2) is 36.3 Å². The maximum absolute atomic E-state index is 14.0. The molecule has 1 aromatic heterocycles. The summed E-state index contributed by atoms with van der Waals surface area (Å²) in [6.45, 7) is 1.12. The molecule has 5 nitrogen and oxygen atoms in total. The highest BCUT2D eigenvalue weighted by Crippen LogP contribution is 2.32. The summed E-state index contributed by atoms with van der Waals surface area (Å²) in [6.07, 6.45) is 3.10. The van der Waals surface area contributed by atoms with E-state index in [-0.39, 0.29) is 5.75 Å². The molecule has 116 valence electrons. The number of rotatable bonds is 3. The molecule has 2 aromatic rings. The first-order chi connectivity index (χ1) is 10.6. The van der Waals surface area contributed by atoms with Crippen molar-refractivity contribution in [1.82, 2.24) is 4.98 Å². The van der Waals surface area contributed by atoms with Gasteiger partial charge in [-0.2, -0.15) is 0 Å². The van der Waals surface area contributed by atoms with Gasteiger partial charge in [0.15, 0.2) is 11.6 Å². The van der Waals surface area contributed by atoms with Gasteiger partial charge in [0.2, 0.25) is 0 Å². The first-order valence-electron chi connectivity index (χ1n) is 7.20. The Morgan fingerprint density at radius 2 is 2.32 bits per heavy atom. The predicted octanol–water partition coefficient (Wildman–Crippen LogP) is 2.68. The van der Waals surface area contributed by atoms with Gasteiger partial charge >= 0.3 is 5.97 Å². The number of carboxylic acids is 1. The number of hydrogen-bond donors (Lipinski definition) is 1. The van der Waals surface area contributed by atoms with Crippen molar-refractivity contribution < 1.29 is 19.0 Å². The fraction of sp³-hybridized carbons (Fsp3) is 0.375. The SMILES string of the molecule is COc1cc2ccnc(N3CCCC(C(=O)O)C3)c2cc1F. The molecule has 1 fully saturated rings. The number of carbonyl (C=O) groups is 1. The number of aliphatic carboxylic acids is 1. The molecule has 1 aromatic carbocycles. The topological polar surface area (TPSA) is 62.7 Å². The largest absolute Gasteiger partial charge is 0.494 e. The lowest BCUT2D eigenvalue weighted by molar-refractivity contribution is -0.141. The minimum Gasteiger partial charge on any atom is -0.494 e. The highest BCUT2D eigenvalue weighted by molar-refractivity contribution is 5.93. The van der Waals surface area contributed by atoms with Gasteiger partial charge in [0.25, 0.3) is 0 Å². The summed E-state index contributed by atoms with van der Waals surface area (Å²) >= 11 is 0. The quantitative estimate of drug-likeness (QED) is 0.944. The Balaban J connectivity index is 2.03. The lowest BCUT2D eigenvalue weighted by atomic mass is 9.98. The summed E-state index contributed by atoms with van der Waals surface area (Å²) in [7, 11) is 1.43. The zero-order chi connectivity index (χ0) is 15.7. The molecule has 0 aliphatic carbocycles. The van der Waals surface area contributed by atoms with E-state index in [0.717, 1.165) is 18.4 Å². The lowest BCUT2D eigenvalue weighted by Crippen LogP contribution is -2.39. The summed E-state index contributed by atoms with van der Waals surface area (Å²) in [4.78, 5) is 17.5. The number of methoxy groups -OCH3 is 1. The van der Waals surface area contributed by atoms with Gasteiger partial charge in [-0.25, -0.2) is 9.37 Å². The van der Waals surface area contributed by atoms with Crippen LogP contribution in [0.2, 0.25) is 0 Å². The van der Waals surface area contributed by atoms with Crippen LogP contribution in [0, 0.1) is 11.7 Å². The highest BCUT2D eigenvalue weighted by Gasteiger charge is 2.27. The van der Waals surface area contributed by atoms with E-state index < -0.39 is 17.7 Å². The van der Waals surface area contributed by atoms with Crippen molar-refractivity contribution in [2.75, 3.05) is 25.1 Å². The molecule has 1 saturated heterocycles. The monoisotopic (exact) mass is 304 g/mol. The van der Waals surface area contributed by atoms with Crippen molar-refractivity contribution in [3.05, 3.63) is 30.2 Å². The van der Waals surface area contributed by atoms with Crippen molar-refractivity contribution >= 4 is 22.6 Å². The standard InChI is InChI=1S/C16H17FN2O3/c1-22-14-7-10-4-5-18-15(12(10)8-13(14)17)19-6-2-3-11(9-19)16(20)21/h4-5,7-8,11H,2-3,6,9H2,1H3,(H,20,21). The maximum Gasteiger partial charge on any atom is 0.308 e. The second-order valence-electron chi connectivity index (χ2n) is 5.47. The van der Waals surface area contributed by atoms with Gasteiger partial charge in [-0.15, -0.1) is 0 Å². The third-order valence-electron chi connectivity index (χ3n) is 4.09. The van der Waals surface area contributed by atoms with Crippen LogP contribution in [0.3, 0.4) is 0 Å². The average molecular weight is 304 g/mol. The molecule has 0 bridgehead atoms. The molecule has 0 amide bonds. The van der Waals surface area contributed by atoms with E-state index in [0.29, 0.717) is 24.2 Å². The minimum absolute atomic E-state index is 0.187. The highest BCUT2D eigenvalue weighted by atomic mass is 19.1. The molecule has 0 radical (unpaired) electrons. The molecule has 2 heterocycles. The number of nitrogens with zero attached hydrogens (tertiary/aromatic N) is 2. The molecule has 22 heavy (non-hydrogen) atoms. The van der Waals surface area contributed by atoms with E-state index in [9.17, 15) is 14.3 Å². The van der Waals surface area contributed by atoms with Crippen molar-refractivity contribution in [2.45, 2.75) is 12.8 Å². The van der Waals surface area contributed by atoms with Crippen LogP contribution in [0.1, 0.15) is 12.8 Å². The van der Waals surface area contributed by atoms with Crippen LogP contribution in [-0.2, 0) is 4.79 Å². The Bertz CT molecular complexity index is 720. The van der Waals surface area contributed by atoms with Crippen LogP contribution < -0.4 is 9.64 Å². The molecule has 1 aliphatic rings. The number of pyridine rings is 1. The Labute approximate surface area is 127 Å². The van der Waals surface area contributed by atoms with Crippen LogP contribution in [0.25, 0.3) is 10.8 Å². The molecular weight excluding hydrogens is 287 g/mol. The van der Waals surface area contributed by atoms with Crippen molar-refractivity contribution in [1.29, 1.82) is 0 Å². The van der Waals surface area contributed by atoms with E-state index in [2.05, 4.69) is 4.98 Å². The van der Waals surface area contributed by atoms with Crippen LogP contribution in [0.4, 0.5) is 10.2 Å². The van der Waals surface area contributed by atoms with Crippen LogP contribution in [0.5, 0.6) is 5.75 Å². The Hall–Kier alpha value is -2.37. The first-order valence-corrected chi connectivity index (χ1v) is 7.20. The summed E-state index contributed by atoms with van der Waals surface area (Å²) in [5, 5.41) is 10.7. The van der Waals surface area contributed by atoms with Crippen LogP contribution in [0.15, 0.2) is 24.4 Å². The summed E-state index contributed by atoms with van der Waals surface area (Å²) in [5.74, 6) is -0.834. The number of benzene rings is 1. The molecule has 0 saturated carbocycles.